The summed E-state index contributed by atoms with van der Waals surface area (Å²) in [7, 11) is 0. The average Bonchev–Trinajstić information content (AvgIpc) is 2.62. The molecule has 1 N–H and O–H groups in total. The van der Waals surface area contributed by atoms with Gasteiger partial charge in [-0.1, -0.05) is 41.4 Å². The lowest BCUT2D eigenvalue weighted by molar-refractivity contribution is 0.475. The second-order valence-electron chi connectivity index (χ2n) is 5.94. The first-order valence-electron chi connectivity index (χ1n) is 8.10. The Balaban J connectivity index is 1.80. The van der Waals surface area contributed by atoms with Crippen LogP contribution in [0.5, 0.6) is 5.75 Å². The molecule has 0 saturated carbocycles. The van der Waals surface area contributed by atoms with Crippen LogP contribution in [0.3, 0.4) is 0 Å². The molecular weight excluding hydrogens is 304 g/mol. The van der Waals surface area contributed by atoms with Crippen molar-refractivity contribution in [3.8, 4) is 29.4 Å². The summed E-state index contributed by atoms with van der Waals surface area (Å²) >= 11 is 0. The van der Waals surface area contributed by atoms with E-state index in [1.807, 2.05) is 31.2 Å². The first kappa shape index (κ1) is 16.4. The lowest BCUT2D eigenvalue weighted by Gasteiger charge is -1.99. The summed E-state index contributed by atoms with van der Waals surface area (Å²) in [6, 6.07) is 21.1. The van der Waals surface area contributed by atoms with Crippen LogP contribution in [-0.2, 0) is 0 Å². The summed E-state index contributed by atoms with van der Waals surface area (Å²) in [5.74, 6) is 12.9. The van der Waals surface area contributed by atoms with E-state index < -0.39 is 0 Å². The van der Waals surface area contributed by atoms with Crippen molar-refractivity contribution in [3.63, 3.8) is 0 Å². The molecule has 0 aliphatic carbocycles. The number of phenolic OH excluding ortho intramolecular Hbond substituents is 1. The van der Waals surface area contributed by atoms with Gasteiger partial charge in [0.15, 0.2) is 0 Å². The van der Waals surface area contributed by atoms with Crippen LogP contribution in [0.25, 0.3) is 0 Å². The van der Waals surface area contributed by atoms with Gasteiger partial charge in [0.1, 0.15) is 5.75 Å². The fourth-order valence-corrected chi connectivity index (χ4v) is 2.35. The molecule has 3 aromatic carbocycles. The van der Waals surface area contributed by atoms with Crippen LogP contribution in [0.4, 0.5) is 0 Å². The molecule has 0 unspecified atom stereocenters. The van der Waals surface area contributed by atoms with Gasteiger partial charge < -0.3 is 5.11 Å². The molecule has 3 aromatic rings. The minimum absolute atomic E-state index is 0.248. The van der Waals surface area contributed by atoms with Crippen molar-refractivity contribution in [2.75, 3.05) is 0 Å². The normalized spacial score (nSPS) is 9.52. The molecule has 0 spiro atoms. The first-order valence-corrected chi connectivity index (χ1v) is 8.10. The molecule has 0 atom stereocenters. The van der Waals surface area contributed by atoms with Crippen molar-refractivity contribution in [2.24, 2.45) is 0 Å². The van der Waals surface area contributed by atoms with Gasteiger partial charge in [0, 0.05) is 22.3 Å². The molecule has 0 aliphatic heterocycles. The van der Waals surface area contributed by atoms with Crippen LogP contribution in [0.2, 0.25) is 0 Å². The number of phenols is 1. The van der Waals surface area contributed by atoms with Gasteiger partial charge in [-0.25, -0.2) is 0 Å². The van der Waals surface area contributed by atoms with Crippen molar-refractivity contribution in [3.05, 3.63) is 100 Å². The largest absolute Gasteiger partial charge is 0.508 e. The van der Waals surface area contributed by atoms with Crippen molar-refractivity contribution in [1.29, 1.82) is 0 Å². The topological polar surface area (TPSA) is 20.2 Å². The molecule has 25 heavy (non-hydrogen) atoms. The molecule has 0 saturated heterocycles. The number of aryl methyl sites for hydroxylation is 2. The molecule has 1 nitrogen and oxygen atoms in total. The summed E-state index contributed by atoms with van der Waals surface area (Å²) in [5, 5.41) is 9.30. The fourth-order valence-electron chi connectivity index (χ4n) is 2.35. The highest BCUT2D eigenvalue weighted by Gasteiger charge is 1.96. The van der Waals surface area contributed by atoms with Crippen LogP contribution >= 0.6 is 0 Å². The van der Waals surface area contributed by atoms with Gasteiger partial charge in [-0.15, -0.1) is 0 Å². The lowest BCUT2D eigenvalue weighted by atomic mass is 10.0. The quantitative estimate of drug-likeness (QED) is 0.589. The third kappa shape index (κ3) is 4.54. The molecule has 0 fully saturated rings. The Kier molecular flexibility index (Phi) is 4.89. The Morgan fingerprint density at radius 2 is 1.12 bits per heavy atom. The van der Waals surface area contributed by atoms with E-state index in [-0.39, 0.29) is 5.75 Å². The predicted molar refractivity (Wildman–Crippen MR) is 102 cm³/mol. The Morgan fingerprint density at radius 1 is 0.600 bits per heavy atom. The summed E-state index contributed by atoms with van der Waals surface area (Å²) < 4.78 is 0. The van der Waals surface area contributed by atoms with Gasteiger partial charge >= 0.3 is 0 Å². The van der Waals surface area contributed by atoms with E-state index in [9.17, 15) is 5.11 Å². The summed E-state index contributed by atoms with van der Waals surface area (Å²) in [4.78, 5) is 0. The average molecular weight is 322 g/mol. The molecule has 0 radical (unpaired) electrons. The zero-order chi connectivity index (χ0) is 17.6. The van der Waals surface area contributed by atoms with E-state index in [2.05, 4.69) is 48.8 Å². The molecule has 0 amide bonds. The standard InChI is InChI=1S/C24H18O/c1-18-3-5-20(6-4-18)7-8-22-10-14-23(19(2)17-22)13-9-21-11-15-24(25)16-12-21/h3-6,10-12,14-17,25H,1-2H3. The number of rotatable bonds is 0. The van der Waals surface area contributed by atoms with Crippen LogP contribution in [0, 0.1) is 37.5 Å². The van der Waals surface area contributed by atoms with E-state index in [0.29, 0.717) is 0 Å². The van der Waals surface area contributed by atoms with Gasteiger partial charge in [0.05, 0.1) is 0 Å². The number of hydrogen-bond donors (Lipinski definition) is 1. The SMILES string of the molecule is Cc1ccc(C#Cc2ccc(C#Cc3ccc(O)cc3)c(C)c2)cc1. The Hall–Kier alpha value is -3.42. The third-order valence-electron chi connectivity index (χ3n) is 3.84. The fraction of sp³-hybridized carbons (Fsp3) is 0.0833. The monoisotopic (exact) mass is 322 g/mol. The highest BCUT2D eigenvalue weighted by atomic mass is 16.3. The van der Waals surface area contributed by atoms with E-state index in [1.165, 1.54) is 5.56 Å². The predicted octanol–water partition coefficient (Wildman–Crippen LogP) is 4.81. The summed E-state index contributed by atoms with van der Waals surface area (Å²) in [6.45, 7) is 4.11. The molecule has 0 bridgehead atoms. The molecule has 0 heterocycles. The van der Waals surface area contributed by atoms with Crippen LogP contribution in [-0.4, -0.2) is 5.11 Å². The van der Waals surface area contributed by atoms with E-state index >= 15 is 0 Å². The lowest BCUT2D eigenvalue weighted by Crippen LogP contribution is -1.85. The Morgan fingerprint density at radius 3 is 1.76 bits per heavy atom. The van der Waals surface area contributed by atoms with Gasteiger partial charge in [-0.05, 0) is 74.0 Å². The maximum Gasteiger partial charge on any atom is 0.115 e. The first-order chi connectivity index (χ1) is 12.1. The van der Waals surface area contributed by atoms with Crippen LogP contribution in [0.15, 0.2) is 66.7 Å². The second-order valence-corrected chi connectivity index (χ2v) is 5.94. The van der Waals surface area contributed by atoms with Crippen LogP contribution < -0.4 is 0 Å². The van der Waals surface area contributed by atoms with Crippen molar-refractivity contribution in [1.82, 2.24) is 0 Å². The van der Waals surface area contributed by atoms with Gasteiger partial charge in [0.2, 0.25) is 0 Å². The Labute approximate surface area is 149 Å². The molecule has 0 aliphatic rings. The smallest absolute Gasteiger partial charge is 0.115 e. The zero-order valence-electron chi connectivity index (χ0n) is 14.3. The number of benzene rings is 3. The van der Waals surface area contributed by atoms with Gasteiger partial charge in [-0.2, -0.15) is 0 Å². The minimum Gasteiger partial charge on any atom is -0.508 e. The van der Waals surface area contributed by atoms with E-state index in [4.69, 9.17) is 0 Å². The second kappa shape index (κ2) is 7.43. The van der Waals surface area contributed by atoms with Crippen molar-refractivity contribution >= 4 is 0 Å². The number of aromatic hydroxyl groups is 1. The van der Waals surface area contributed by atoms with Gasteiger partial charge in [-0.3, -0.25) is 0 Å². The number of hydrogen-bond acceptors (Lipinski definition) is 1. The van der Waals surface area contributed by atoms with Crippen LogP contribution in [0.1, 0.15) is 33.4 Å². The summed E-state index contributed by atoms with van der Waals surface area (Å²) in [6.07, 6.45) is 0. The third-order valence-corrected chi connectivity index (χ3v) is 3.84. The molecule has 120 valence electrons. The molecular formula is C24H18O. The van der Waals surface area contributed by atoms with Gasteiger partial charge in [0.25, 0.3) is 0 Å². The van der Waals surface area contributed by atoms with E-state index in [0.717, 1.165) is 27.8 Å². The molecule has 0 aromatic heterocycles. The summed E-state index contributed by atoms with van der Waals surface area (Å²) in [5.41, 5.74) is 6.18. The van der Waals surface area contributed by atoms with E-state index in [1.54, 1.807) is 24.3 Å². The molecule has 3 rings (SSSR count). The van der Waals surface area contributed by atoms with Crippen molar-refractivity contribution in [2.45, 2.75) is 13.8 Å². The van der Waals surface area contributed by atoms with Crippen molar-refractivity contribution < 1.29 is 5.11 Å². The zero-order valence-corrected chi connectivity index (χ0v) is 14.3. The maximum atomic E-state index is 9.30. The minimum atomic E-state index is 0.248. The Bertz CT molecular complexity index is 1000. The molecule has 1 heteroatoms. The highest BCUT2D eigenvalue weighted by Crippen LogP contribution is 2.12. The maximum absolute atomic E-state index is 9.30. The highest BCUT2D eigenvalue weighted by molar-refractivity contribution is 5.51.